The number of likely N-dealkylation sites (tertiary alicyclic amines) is 1. The summed E-state index contributed by atoms with van der Waals surface area (Å²) in [7, 11) is 3.80. The number of amides is 1. The van der Waals surface area contributed by atoms with Gasteiger partial charge in [-0.25, -0.2) is 4.79 Å². The van der Waals surface area contributed by atoms with Gasteiger partial charge in [-0.1, -0.05) is 12.1 Å². The topological polar surface area (TPSA) is 74.0 Å². The van der Waals surface area contributed by atoms with Crippen LogP contribution in [0.1, 0.15) is 22.5 Å². The predicted octanol–water partition coefficient (Wildman–Crippen LogP) is 2.48. The van der Waals surface area contributed by atoms with Crippen molar-refractivity contribution in [1.82, 2.24) is 9.80 Å². The van der Waals surface area contributed by atoms with Crippen LogP contribution in [0.3, 0.4) is 0 Å². The summed E-state index contributed by atoms with van der Waals surface area (Å²) in [5.41, 5.74) is 1.37. The highest BCUT2D eigenvalue weighted by atomic mass is 16.4. The Morgan fingerprint density at radius 3 is 2.36 bits per heavy atom. The van der Waals surface area contributed by atoms with Crippen molar-refractivity contribution >= 4 is 11.9 Å². The molecule has 1 aromatic heterocycles. The molecule has 0 radical (unpaired) electrons. The zero-order valence-corrected chi connectivity index (χ0v) is 14.6. The number of hydrogen-bond donors (Lipinski definition) is 1. The molecular weight excluding hydrogens is 320 g/mol. The number of aliphatic carboxylic acids is 1. The fourth-order valence-electron chi connectivity index (χ4n) is 3.18. The lowest BCUT2D eigenvalue weighted by Crippen LogP contribution is -2.41. The number of carboxylic acids is 1. The first kappa shape index (κ1) is 17.2. The summed E-state index contributed by atoms with van der Waals surface area (Å²) in [5, 5.41) is 9.45. The van der Waals surface area contributed by atoms with Crippen LogP contribution in [-0.2, 0) is 4.79 Å². The van der Waals surface area contributed by atoms with Crippen molar-refractivity contribution in [3.63, 3.8) is 0 Å². The first-order chi connectivity index (χ1) is 11.9. The number of carboxylic acid groups (broad SMARTS) is 1. The van der Waals surface area contributed by atoms with Crippen LogP contribution in [0, 0.1) is 6.92 Å². The largest absolute Gasteiger partial charge is 0.480 e. The molecule has 0 spiro atoms. The molecule has 0 saturated carbocycles. The molecule has 132 valence electrons. The van der Waals surface area contributed by atoms with E-state index in [0.717, 1.165) is 17.1 Å². The molecule has 1 aromatic carbocycles. The minimum absolute atomic E-state index is 0.0513. The Kier molecular flexibility index (Phi) is 4.63. The number of hydrogen-bond acceptors (Lipinski definition) is 4. The van der Waals surface area contributed by atoms with Crippen molar-refractivity contribution < 1.29 is 19.1 Å². The molecule has 2 aromatic rings. The Morgan fingerprint density at radius 2 is 1.84 bits per heavy atom. The Morgan fingerprint density at radius 1 is 1.16 bits per heavy atom. The summed E-state index contributed by atoms with van der Waals surface area (Å²) in [4.78, 5) is 27.8. The lowest BCUT2D eigenvalue weighted by atomic mass is 10.1. The summed E-state index contributed by atoms with van der Waals surface area (Å²) in [5.74, 6) is 0.360. The predicted molar refractivity (Wildman–Crippen MR) is 93.4 cm³/mol. The quantitative estimate of drug-likeness (QED) is 0.924. The van der Waals surface area contributed by atoms with Gasteiger partial charge in [0.05, 0.1) is 0 Å². The van der Waals surface area contributed by atoms with Crippen LogP contribution < -0.4 is 0 Å². The van der Waals surface area contributed by atoms with Gasteiger partial charge in [0.1, 0.15) is 17.6 Å². The second-order valence-corrected chi connectivity index (χ2v) is 6.65. The van der Waals surface area contributed by atoms with E-state index in [2.05, 4.69) is 0 Å². The summed E-state index contributed by atoms with van der Waals surface area (Å²) >= 11 is 0. The summed E-state index contributed by atoms with van der Waals surface area (Å²) in [6.45, 7) is 2.30. The highest BCUT2D eigenvalue weighted by Gasteiger charge is 2.40. The minimum Gasteiger partial charge on any atom is -0.480 e. The number of likely N-dealkylation sites (N-methyl/N-ethyl adjacent to an activating group) is 1. The number of benzene rings is 1. The summed E-state index contributed by atoms with van der Waals surface area (Å²) in [6.07, 6.45) is 0.442. The number of carbonyl (C=O) groups is 2. The molecule has 2 heterocycles. The fourth-order valence-corrected chi connectivity index (χ4v) is 3.18. The number of rotatable bonds is 4. The number of carbonyl (C=O) groups excluding carboxylic acids is 1. The van der Waals surface area contributed by atoms with Crippen molar-refractivity contribution in [3.05, 3.63) is 47.7 Å². The molecule has 0 aliphatic carbocycles. The third-order valence-electron chi connectivity index (χ3n) is 4.71. The molecular formula is C19H22N2O4. The lowest BCUT2D eigenvalue weighted by Gasteiger charge is -2.22. The molecule has 2 atom stereocenters. The highest BCUT2D eigenvalue weighted by Crippen LogP contribution is 2.26. The van der Waals surface area contributed by atoms with Gasteiger partial charge in [-0.3, -0.25) is 4.79 Å². The Bertz CT molecular complexity index is 779. The third kappa shape index (κ3) is 3.44. The van der Waals surface area contributed by atoms with Crippen molar-refractivity contribution in [1.29, 1.82) is 0 Å². The van der Waals surface area contributed by atoms with E-state index < -0.39 is 12.0 Å². The van der Waals surface area contributed by atoms with Gasteiger partial charge >= 0.3 is 5.97 Å². The third-order valence-corrected chi connectivity index (χ3v) is 4.71. The van der Waals surface area contributed by atoms with Gasteiger partial charge in [0.2, 0.25) is 0 Å². The first-order valence-electron chi connectivity index (χ1n) is 8.24. The molecule has 0 unspecified atom stereocenters. The molecule has 3 rings (SSSR count). The Hall–Kier alpha value is -2.60. The monoisotopic (exact) mass is 342 g/mol. The second kappa shape index (κ2) is 6.72. The van der Waals surface area contributed by atoms with Gasteiger partial charge in [-0.2, -0.15) is 0 Å². The number of furan rings is 1. The van der Waals surface area contributed by atoms with Gasteiger partial charge in [0.15, 0.2) is 0 Å². The Balaban J connectivity index is 1.81. The smallest absolute Gasteiger partial charge is 0.326 e. The van der Waals surface area contributed by atoms with E-state index in [-0.39, 0.29) is 11.9 Å². The van der Waals surface area contributed by atoms with Crippen molar-refractivity contribution in [3.8, 4) is 11.3 Å². The SMILES string of the molecule is Cc1ccc(-c2ccc(C(=O)N3C[C@H](N(C)C)C[C@H]3C(=O)O)cc2)o1. The molecule has 1 saturated heterocycles. The van der Waals surface area contributed by atoms with E-state index in [9.17, 15) is 14.7 Å². The molecule has 6 heteroatoms. The first-order valence-corrected chi connectivity index (χ1v) is 8.24. The fraction of sp³-hybridized carbons (Fsp3) is 0.368. The van der Waals surface area contributed by atoms with Crippen LogP contribution >= 0.6 is 0 Å². The molecule has 1 amide bonds. The van der Waals surface area contributed by atoms with E-state index in [4.69, 9.17) is 4.42 Å². The number of aryl methyl sites for hydroxylation is 1. The van der Waals surface area contributed by atoms with Crippen LogP contribution in [0.5, 0.6) is 0 Å². The van der Waals surface area contributed by atoms with Crippen molar-refractivity contribution in [2.24, 2.45) is 0 Å². The minimum atomic E-state index is -0.958. The van der Waals surface area contributed by atoms with Gasteiger partial charge in [0, 0.05) is 23.7 Å². The lowest BCUT2D eigenvalue weighted by molar-refractivity contribution is -0.141. The van der Waals surface area contributed by atoms with E-state index in [1.807, 2.05) is 50.2 Å². The van der Waals surface area contributed by atoms with Crippen LogP contribution in [-0.4, -0.2) is 59.5 Å². The van der Waals surface area contributed by atoms with E-state index in [0.29, 0.717) is 18.5 Å². The average Bonchev–Trinajstić information content (AvgIpc) is 3.21. The van der Waals surface area contributed by atoms with Crippen LogP contribution in [0.2, 0.25) is 0 Å². The zero-order chi connectivity index (χ0) is 18.1. The van der Waals surface area contributed by atoms with E-state index in [1.54, 1.807) is 12.1 Å². The maximum Gasteiger partial charge on any atom is 0.326 e. The standard InChI is InChI=1S/C19H22N2O4/c1-12-4-9-17(25-12)13-5-7-14(8-6-13)18(22)21-11-15(20(2)3)10-16(21)19(23)24/h4-9,15-16H,10-11H2,1-3H3,(H,23,24)/t15-,16+/m1/s1. The van der Waals surface area contributed by atoms with Gasteiger partial charge in [-0.05, 0) is 51.7 Å². The van der Waals surface area contributed by atoms with Crippen molar-refractivity contribution in [2.45, 2.75) is 25.4 Å². The van der Waals surface area contributed by atoms with Gasteiger partial charge in [-0.15, -0.1) is 0 Å². The molecule has 1 aliphatic rings. The van der Waals surface area contributed by atoms with Crippen LogP contribution in [0.4, 0.5) is 0 Å². The zero-order valence-electron chi connectivity index (χ0n) is 14.6. The van der Waals surface area contributed by atoms with Gasteiger partial charge < -0.3 is 19.3 Å². The molecule has 0 bridgehead atoms. The number of nitrogens with zero attached hydrogens (tertiary/aromatic N) is 2. The van der Waals surface area contributed by atoms with E-state index in [1.165, 1.54) is 4.90 Å². The van der Waals surface area contributed by atoms with E-state index >= 15 is 0 Å². The molecule has 25 heavy (non-hydrogen) atoms. The van der Waals surface area contributed by atoms with Crippen LogP contribution in [0.25, 0.3) is 11.3 Å². The normalized spacial score (nSPS) is 20.2. The second-order valence-electron chi connectivity index (χ2n) is 6.65. The molecule has 1 N–H and O–H groups in total. The Labute approximate surface area is 146 Å². The summed E-state index contributed by atoms with van der Waals surface area (Å²) in [6, 6.07) is 10.1. The maximum absolute atomic E-state index is 12.8. The maximum atomic E-state index is 12.8. The van der Waals surface area contributed by atoms with Crippen LogP contribution in [0.15, 0.2) is 40.8 Å². The molecule has 1 fully saturated rings. The van der Waals surface area contributed by atoms with Crippen molar-refractivity contribution in [2.75, 3.05) is 20.6 Å². The van der Waals surface area contributed by atoms with Gasteiger partial charge in [0.25, 0.3) is 5.91 Å². The highest BCUT2D eigenvalue weighted by molar-refractivity contribution is 5.97. The summed E-state index contributed by atoms with van der Waals surface area (Å²) < 4.78 is 5.58. The molecule has 1 aliphatic heterocycles. The average molecular weight is 342 g/mol. The molecule has 6 nitrogen and oxygen atoms in total.